The smallest absolute Gasteiger partial charge is 0.137 e. The van der Waals surface area contributed by atoms with Crippen molar-refractivity contribution in [3.05, 3.63) is 78.4 Å². The second kappa shape index (κ2) is 6.49. The van der Waals surface area contributed by atoms with E-state index in [1.807, 2.05) is 30.3 Å². The number of aliphatic hydroxyl groups excluding tert-OH is 1. The highest BCUT2D eigenvalue weighted by atomic mass is 19.1. The van der Waals surface area contributed by atoms with E-state index in [9.17, 15) is 13.9 Å². The van der Waals surface area contributed by atoms with Gasteiger partial charge in [0, 0.05) is 11.6 Å². The highest BCUT2D eigenvalue weighted by molar-refractivity contribution is 5.27. The van der Waals surface area contributed by atoms with Gasteiger partial charge in [0.2, 0.25) is 0 Å². The molecular weight excluding hydrogens is 340 g/mol. The number of hydrogen-bond donors (Lipinski definition) is 1. The molecule has 3 aromatic rings. The van der Waals surface area contributed by atoms with Crippen LogP contribution in [0.3, 0.4) is 0 Å². The molecule has 1 aliphatic rings. The van der Waals surface area contributed by atoms with E-state index in [2.05, 4.69) is 10.1 Å². The molecule has 1 N–H and O–H groups in total. The summed E-state index contributed by atoms with van der Waals surface area (Å²) in [4.78, 5) is 3.94. The Morgan fingerprint density at radius 3 is 2.50 bits per heavy atom. The van der Waals surface area contributed by atoms with Crippen LogP contribution in [0.1, 0.15) is 30.6 Å². The molecule has 0 aliphatic heterocycles. The summed E-state index contributed by atoms with van der Waals surface area (Å²) in [6, 6.07) is 11.7. The Kier molecular flexibility index (Phi) is 4.16. The maximum absolute atomic E-state index is 14.3. The summed E-state index contributed by atoms with van der Waals surface area (Å²) in [5.41, 5.74) is -0.746. The molecule has 0 unspecified atom stereocenters. The zero-order valence-corrected chi connectivity index (χ0v) is 13.8. The summed E-state index contributed by atoms with van der Waals surface area (Å²) in [7, 11) is 0. The quantitative estimate of drug-likeness (QED) is 0.734. The van der Waals surface area contributed by atoms with Crippen LogP contribution >= 0.6 is 0 Å². The minimum Gasteiger partial charge on any atom is -0.485 e. The number of rotatable bonds is 6. The Bertz CT molecular complexity index is 883. The van der Waals surface area contributed by atoms with Gasteiger partial charge < -0.3 is 9.84 Å². The van der Waals surface area contributed by atoms with E-state index >= 15 is 0 Å². The van der Waals surface area contributed by atoms with Gasteiger partial charge in [-0.2, -0.15) is 5.10 Å². The highest BCUT2D eigenvalue weighted by Crippen LogP contribution is 2.53. The Morgan fingerprint density at radius 2 is 1.88 bits per heavy atom. The van der Waals surface area contributed by atoms with Gasteiger partial charge in [0.1, 0.15) is 47.8 Å². The summed E-state index contributed by atoms with van der Waals surface area (Å²) in [5.74, 6) is -0.850. The molecule has 0 radical (unpaired) electrons. The number of para-hydroxylation sites is 1. The lowest BCUT2D eigenvalue weighted by Gasteiger charge is -2.32. The Hall–Kier alpha value is -2.80. The average molecular weight is 357 g/mol. The number of benzene rings is 2. The molecule has 0 spiro atoms. The maximum atomic E-state index is 14.3. The normalized spacial score (nSPS) is 17.5. The van der Waals surface area contributed by atoms with Crippen LogP contribution in [0, 0.1) is 11.6 Å². The van der Waals surface area contributed by atoms with Crippen molar-refractivity contribution >= 4 is 0 Å². The first-order valence-electron chi connectivity index (χ1n) is 8.30. The van der Waals surface area contributed by atoms with Crippen molar-refractivity contribution in [2.45, 2.75) is 30.6 Å². The Labute approximate surface area is 148 Å². The van der Waals surface area contributed by atoms with Gasteiger partial charge in [-0.15, -0.1) is 0 Å². The first-order valence-corrected chi connectivity index (χ1v) is 8.30. The fourth-order valence-electron chi connectivity index (χ4n) is 3.25. The first-order chi connectivity index (χ1) is 12.6. The van der Waals surface area contributed by atoms with Gasteiger partial charge in [-0.1, -0.05) is 24.3 Å². The molecule has 0 saturated heterocycles. The molecule has 1 heterocycles. The maximum Gasteiger partial charge on any atom is 0.137 e. The van der Waals surface area contributed by atoms with Gasteiger partial charge in [-0.25, -0.2) is 18.4 Å². The molecule has 2 aromatic carbocycles. The van der Waals surface area contributed by atoms with E-state index in [1.165, 1.54) is 23.4 Å². The number of halogens is 2. The van der Waals surface area contributed by atoms with Crippen molar-refractivity contribution in [1.82, 2.24) is 14.8 Å². The van der Waals surface area contributed by atoms with Gasteiger partial charge in [0.15, 0.2) is 0 Å². The number of nitrogens with zero attached hydrogens (tertiary/aromatic N) is 3. The van der Waals surface area contributed by atoms with E-state index in [0.29, 0.717) is 18.6 Å². The van der Waals surface area contributed by atoms with Crippen molar-refractivity contribution in [3.63, 3.8) is 0 Å². The molecule has 0 bridgehead atoms. The molecule has 5 nitrogen and oxygen atoms in total. The zero-order chi connectivity index (χ0) is 18.1. The van der Waals surface area contributed by atoms with Crippen LogP contribution in [-0.4, -0.2) is 25.5 Å². The summed E-state index contributed by atoms with van der Waals surface area (Å²) in [6.07, 6.45) is 2.88. The van der Waals surface area contributed by atoms with Crippen LogP contribution < -0.4 is 4.74 Å². The van der Waals surface area contributed by atoms with Crippen molar-refractivity contribution < 1.29 is 18.6 Å². The molecule has 26 heavy (non-hydrogen) atoms. The molecule has 7 heteroatoms. The number of hydrogen-bond acceptors (Lipinski definition) is 4. The standard InChI is InChI=1S/C19H17F2N3O2/c20-13-6-7-15(16(21)10-13)17(25)18(24-12-22-11-23-24)19(8-9-19)26-14-4-2-1-3-5-14/h1-7,10-12,17-18,25H,8-9H2/t17-,18-/m1/s1. The fraction of sp³-hybridized carbons (Fsp3) is 0.263. The number of aliphatic hydroxyl groups is 1. The molecule has 2 atom stereocenters. The molecule has 1 fully saturated rings. The third-order valence-electron chi connectivity index (χ3n) is 4.65. The fourth-order valence-corrected chi connectivity index (χ4v) is 3.25. The molecular formula is C19H17F2N3O2. The van der Waals surface area contributed by atoms with Crippen molar-refractivity contribution in [1.29, 1.82) is 0 Å². The minimum absolute atomic E-state index is 0.00478. The highest BCUT2D eigenvalue weighted by Gasteiger charge is 2.57. The summed E-state index contributed by atoms with van der Waals surface area (Å²) in [5, 5.41) is 15.1. The Morgan fingerprint density at radius 1 is 1.12 bits per heavy atom. The summed E-state index contributed by atoms with van der Waals surface area (Å²) in [6.45, 7) is 0. The van der Waals surface area contributed by atoms with Gasteiger partial charge >= 0.3 is 0 Å². The average Bonchev–Trinajstić information content (AvgIpc) is 3.17. The Balaban J connectivity index is 1.71. The monoisotopic (exact) mass is 357 g/mol. The van der Waals surface area contributed by atoms with Crippen LogP contribution in [0.15, 0.2) is 61.2 Å². The topological polar surface area (TPSA) is 60.2 Å². The van der Waals surface area contributed by atoms with Crippen LogP contribution in [0.5, 0.6) is 5.75 Å². The lowest BCUT2D eigenvalue weighted by molar-refractivity contribution is 0.00881. The zero-order valence-electron chi connectivity index (χ0n) is 13.8. The second-order valence-corrected chi connectivity index (χ2v) is 6.41. The van der Waals surface area contributed by atoms with Crippen LogP contribution in [-0.2, 0) is 0 Å². The molecule has 1 aliphatic carbocycles. The first kappa shape index (κ1) is 16.7. The lowest BCUT2D eigenvalue weighted by atomic mass is 9.95. The molecule has 4 rings (SSSR count). The minimum atomic E-state index is -1.27. The van der Waals surface area contributed by atoms with E-state index < -0.39 is 29.4 Å². The molecule has 134 valence electrons. The lowest BCUT2D eigenvalue weighted by Crippen LogP contribution is -2.37. The largest absolute Gasteiger partial charge is 0.485 e. The summed E-state index contributed by atoms with van der Waals surface area (Å²) >= 11 is 0. The van der Waals surface area contributed by atoms with Gasteiger partial charge in [-0.05, 0) is 31.0 Å². The van der Waals surface area contributed by atoms with Gasteiger partial charge in [0.05, 0.1) is 0 Å². The summed E-state index contributed by atoms with van der Waals surface area (Å²) < 4.78 is 35.1. The van der Waals surface area contributed by atoms with Crippen molar-refractivity contribution in [2.75, 3.05) is 0 Å². The van der Waals surface area contributed by atoms with Gasteiger partial charge in [-0.3, -0.25) is 0 Å². The van der Waals surface area contributed by atoms with Crippen LogP contribution in [0.4, 0.5) is 8.78 Å². The second-order valence-electron chi connectivity index (χ2n) is 6.41. The third kappa shape index (κ3) is 3.06. The van der Waals surface area contributed by atoms with Crippen LogP contribution in [0.2, 0.25) is 0 Å². The van der Waals surface area contributed by atoms with E-state index in [4.69, 9.17) is 4.74 Å². The van der Waals surface area contributed by atoms with Crippen molar-refractivity contribution in [2.24, 2.45) is 0 Å². The SMILES string of the molecule is O[C@H](c1ccc(F)cc1F)[C@@H](n1cncn1)C1(Oc2ccccc2)CC1. The van der Waals surface area contributed by atoms with Crippen LogP contribution in [0.25, 0.3) is 0 Å². The molecule has 1 saturated carbocycles. The van der Waals surface area contributed by atoms with Crippen molar-refractivity contribution in [3.8, 4) is 5.75 Å². The predicted molar refractivity (Wildman–Crippen MR) is 89.4 cm³/mol. The predicted octanol–water partition coefficient (Wildman–Crippen LogP) is 3.44. The van der Waals surface area contributed by atoms with E-state index in [1.54, 1.807) is 0 Å². The van der Waals surface area contributed by atoms with E-state index in [-0.39, 0.29) is 5.56 Å². The number of aromatic nitrogens is 3. The number of ether oxygens (including phenoxy) is 1. The molecule has 0 amide bonds. The third-order valence-corrected chi connectivity index (χ3v) is 4.65. The van der Waals surface area contributed by atoms with E-state index in [0.717, 1.165) is 12.1 Å². The molecule has 1 aromatic heterocycles. The van der Waals surface area contributed by atoms with Gasteiger partial charge in [0.25, 0.3) is 0 Å².